The molecule has 0 aliphatic heterocycles. The van der Waals surface area contributed by atoms with Crippen LogP contribution < -0.4 is 0 Å². The minimum atomic E-state index is 0.656. The van der Waals surface area contributed by atoms with Crippen LogP contribution >= 0.6 is 22.7 Å². The Morgan fingerprint density at radius 2 is 1.10 bits per heavy atom. The van der Waals surface area contributed by atoms with Crippen molar-refractivity contribution >= 4 is 63.0 Å². The molecule has 0 spiro atoms. The highest BCUT2D eigenvalue weighted by molar-refractivity contribution is 7.26. The van der Waals surface area contributed by atoms with Crippen molar-refractivity contribution in [1.82, 2.24) is 0 Å². The Labute approximate surface area is 250 Å². The van der Waals surface area contributed by atoms with E-state index in [-0.39, 0.29) is 0 Å². The number of hydrogen-bond acceptors (Lipinski definition) is 4. The summed E-state index contributed by atoms with van der Waals surface area (Å²) >= 11 is 3.58. The van der Waals surface area contributed by atoms with Gasteiger partial charge in [0.05, 0.1) is 23.3 Å². The predicted molar refractivity (Wildman–Crippen MR) is 178 cm³/mol. The van der Waals surface area contributed by atoms with Crippen molar-refractivity contribution in [1.29, 1.82) is 10.5 Å². The summed E-state index contributed by atoms with van der Waals surface area (Å²) < 4.78 is 4.89. The van der Waals surface area contributed by atoms with E-state index < -0.39 is 0 Å². The standard InChI is InChI=1S/C38H20N2S2/c39-21-23-15-16-35-33(17-23)31-12-5-11-30(38(31)42-35)27-19-25(28-8-2-1-7-24(28)22-40)18-26(20-27)29-10-6-14-36-37(29)32-9-3-4-13-34(32)41-36/h1-20H. The highest BCUT2D eigenvalue weighted by Gasteiger charge is 2.17. The first kappa shape index (κ1) is 24.5. The average molecular weight is 569 g/mol. The van der Waals surface area contributed by atoms with Crippen molar-refractivity contribution in [2.45, 2.75) is 0 Å². The molecule has 6 aromatic carbocycles. The van der Waals surface area contributed by atoms with Crippen molar-refractivity contribution in [2.75, 3.05) is 0 Å². The number of benzene rings is 6. The third kappa shape index (κ3) is 3.82. The van der Waals surface area contributed by atoms with Crippen LogP contribution in [0.2, 0.25) is 0 Å². The van der Waals surface area contributed by atoms with Gasteiger partial charge < -0.3 is 0 Å². The molecule has 0 unspecified atom stereocenters. The Hall–Kier alpha value is -5.26. The highest BCUT2D eigenvalue weighted by Crippen LogP contribution is 2.45. The van der Waals surface area contributed by atoms with Crippen LogP contribution in [0.3, 0.4) is 0 Å². The third-order valence-corrected chi connectivity index (χ3v) is 10.3. The molecule has 8 rings (SSSR count). The number of hydrogen-bond donors (Lipinski definition) is 0. The summed E-state index contributed by atoms with van der Waals surface area (Å²) in [6, 6.07) is 46.8. The molecule has 2 aromatic heterocycles. The van der Waals surface area contributed by atoms with Gasteiger partial charge >= 0.3 is 0 Å². The molecule has 42 heavy (non-hydrogen) atoms. The Balaban J connectivity index is 1.45. The van der Waals surface area contributed by atoms with Crippen molar-refractivity contribution in [3.63, 3.8) is 0 Å². The van der Waals surface area contributed by atoms with Crippen molar-refractivity contribution < 1.29 is 0 Å². The number of thiophene rings is 2. The minimum Gasteiger partial charge on any atom is -0.192 e. The van der Waals surface area contributed by atoms with E-state index >= 15 is 0 Å². The molecule has 8 aromatic rings. The van der Waals surface area contributed by atoms with Gasteiger partial charge in [0.2, 0.25) is 0 Å². The topological polar surface area (TPSA) is 47.6 Å². The van der Waals surface area contributed by atoms with Crippen LogP contribution in [0.25, 0.3) is 73.7 Å². The van der Waals surface area contributed by atoms with E-state index in [1.165, 1.54) is 30.4 Å². The lowest BCUT2D eigenvalue weighted by molar-refractivity contribution is 1.48. The fraction of sp³-hybridized carbons (Fsp3) is 0. The van der Waals surface area contributed by atoms with Gasteiger partial charge in [0.15, 0.2) is 0 Å². The van der Waals surface area contributed by atoms with Crippen molar-refractivity contribution in [3.05, 3.63) is 132 Å². The Bertz CT molecular complexity index is 2450. The molecule has 0 atom stereocenters. The van der Waals surface area contributed by atoms with Gasteiger partial charge in [0.1, 0.15) is 0 Å². The molecule has 194 valence electrons. The van der Waals surface area contributed by atoms with Gasteiger partial charge in [-0.05, 0) is 88.0 Å². The van der Waals surface area contributed by atoms with Crippen LogP contribution in [0.1, 0.15) is 11.1 Å². The number of rotatable bonds is 3. The maximum absolute atomic E-state index is 9.98. The molecular formula is C38H20N2S2. The van der Waals surface area contributed by atoms with Crippen LogP contribution in [-0.4, -0.2) is 0 Å². The zero-order valence-corrected chi connectivity index (χ0v) is 23.9. The molecule has 0 aliphatic carbocycles. The van der Waals surface area contributed by atoms with Crippen LogP contribution in [0, 0.1) is 22.7 Å². The third-order valence-electron chi connectivity index (χ3n) is 7.94. The molecule has 0 aliphatic rings. The second-order valence-corrected chi connectivity index (χ2v) is 12.5. The van der Waals surface area contributed by atoms with Gasteiger partial charge in [0, 0.05) is 40.3 Å². The van der Waals surface area contributed by atoms with E-state index in [1.54, 1.807) is 11.3 Å². The van der Waals surface area contributed by atoms with Gasteiger partial charge in [0.25, 0.3) is 0 Å². The molecule has 0 N–H and O–H groups in total. The summed E-state index contributed by atoms with van der Waals surface area (Å²) in [6.07, 6.45) is 0. The zero-order valence-electron chi connectivity index (χ0n) is 22.3. The van der Waals surface area contributed by atoms with Crippen LogP contribution in [-0.2, 0) is 0 Å². The van der Waals surface area contributed by atoms with E-state index in [1.807, 2.05) is 47.7 Å². The maximum atomic E-state index is 9.98. The number of nitrogens with zero attached hydrogens (tertiary/aromatic N) is 2. The van der Waals surface area contributed by atoms with Crippen molar-refractivity contribution in [2.24, 2.45) is 0 Å². The lowest BCUT2D eigenvalue weighted by Crippen LogP contribution is -1.89. The lowest BCUT2D eigenvalue weighted by Gasteiger charge is -2.14. The summed E-state index contributed by atoms with van der Waals surface area (Å²) in [7, 11) is 0. The van der Waals surface area contributed by atoms with Crippen molar-refractivity contribution in [3.8, 4) is 45.5 Å². The summed E-state index contributed by atoms with van der Waals surface area (Å²) in [6.45, 7) is 0. The van der Waals surface area contributed by atoms with E-state index in [0.29, 0.717) is 11.1 Å². The van der Waals surface area contributed by atoms with E-state index in [9.17, 15) is 10.5 Å². The van der Waals surface area contributed by atoms with E-state index in [0.717, 1.165) is 43.3 Å². The first-order valence-electron chi connectivity index (χ1n) is 13.6. The molecule has 2 nitrogen and oxygen atoms in total. The highest BCUT2D eigenvalue weighted by atomic mass is 32.1. The molecule has 4 heteroatoms. The van der Waals surface area contributed by atoms with Crippen LogP contribution in [0.4, 0.5) is 0 Å². The van der Waals surface area contributed by atoms with Gasteiger partial charge in [-0.25, -0.2) is 0 Å². The second kappa shape index (κ2) is 9.68. The summed E-state index contributed by atoms with van der Waals surface area (Å²) in [5.41, 5.74) is 7.81. The maximum Gasteiger partial charge on any atom is 0.0998 e. The van der Waals surface area contributed by atoms with Gasteiger partial charge in [-0.2, -0.15) is 10.5 Å². The number of nitriles is 2. The first-order valence-corrected chi connectivity index (χ1v) is 15.3. The number of fused-ring (bicyclic) bond motifs is 6. The fourth-order valence-corrected chi connectivity index (χ4v) is 8.39. The largest absolute Gasteiger partial charge is 0.192 e. The molecular weight excluding hydrogens is 549 g/mol. The van der Waals surface area contributed by atoms with Gasteiger partial charge in [-0.3, -0.25) is 0 Å². The van der Waals surface area contributed by atoms with Crippen LogP contribution in [0.15, 0.2) is 121 Å². The molecule has 0 saturated carbocycles. The predicted octanol–water partition coefficient (Wildman–Crippen LogP) is 11.2. The van der Waals surface area contributed by atoms with Crippen LogP contribution in [0.5, 0.6) is 0 Å². The smallest absolute Gasteiger partial charge is 0.0998 e. The fourth-order valence-electron chi connectivity index (χ4n) is 6.04. The lowest BCUT2D eigenvalue weighted by atomic mass is 9.90. The first-order chi connectivity index (χ1) is 20.7. The minimum absolute atomic E-state index is 0.656. The molecule has 2 heterocycles. The summed E-state index contributed by atoms with van der Waals surface area (Å²) in [5.74, 6) is 0. The molecule has 0 amide bonds. The summed E-state index contributed by atoms with van der Waals surface area (Å²) in [5, 5.41) is 24.3. The quantitative estimate of drug-likeness (QED) is 0.213. The zero-order chi connectivity index (χ0) is 28.2. The second-order valence-electron chi connectivity index (χ2n) is 10.3. The normalized spacial score (nSPS) is 11.3. The summed E-state index contributed by atoms with van der Waals surface area (Å²) in [4.78, 5) is 0. The monoisotopic (exact) mass is 568 g/mol. The molecule has 0 bridgehead atoms. The molecule has 0 fully saturated rings. The van der Waals surface area contributed by atoms with E-state index in [4.69, 9.17) is 0 Å². The van der Waals surface area contributed by atoms with E-state index in [2.05, 4.69) is 97.1 Å². The Morgan fingerprint density at radius 1 is 0.452 bits per heavy atom. The van der Waals surface area contributed by atoms with Gasteiger partial charge in [-0.15, -0.1) is 22.7 Å². The molecule has 0 radical (unpaired) electrons. The Kier molecular flexibility index (Phi) is 5.66. The molecule has 0 saturated heterocycles. The van der Waals surface area contributed by atoms with Gasteiger partial charge in [-0.1, -0.05) is 66.7 Å². The average Bonchev–Trinajstić information content (AvgIpc) is 3.62. The SMILES string of the molecule is N#Cc1ccc2sc3c(-c4cc(-c5ccccc5C#N)cc(-c5cccc6sc7ccccc7c56)c4)cccc3c2c1. The Morgan fingerprint density at radius 3 is 1.95 bits per heavy atom.